The summed E-state index contributed by atoms with van der Waals surface area (Å²) in [6, 6.07) is 6.36. The number of nitrogens with zero attached hydrogens (tertiary/aromatic N) is 1. The maximum atomic E-state index is 11.8. The summed E-state index contributed by atoms with van der Waals surface area (Å²) in [5.74, 6) is 0.834. The summed E-state index contributed by atoms with van der Waals surface area (Å²) in [4.78, 5) is 11.8. The third-order valence-corrected chi connectivity index (χ3v) is 3.74. The first-order valence-corrected chi connectivity index (χ1v) is 7.06. The molecule has 2 rings (SSSR count). The van der Waals surface area contributed by atoms with Crippen molar-refractivity contribution in [3.63, 3.8) is 0 Å². The molecule has 2 aromatic rings. The van der Waals surface area contributed by atoms with Crippen LogP contribution in [0.4, 0.5) is 0 Å². The second-order valence-electron chi connectivity index (χ2n) is 3.88. The lowest BCUT2D eigenvalue weighted by molar-refractivity contribution is 0.0955. The number of benzene rings is 1. The first kappa shape index (κ1) is 15.1. The van der Waals surface area contributed by atoms with Crippen LogP contribution in [0.1, 0.15) is 21.9 Å². The van der Waals surface area contributed by atoms with Gasteiger partial charge in [-0.15, -0.1) is 0 Å². The maximum Gasteiger partial charge on any atom is 0.272 e. The van der Waals surface area contributed by atoms with E-state index in [1.807, 2.05) is 6.92 Å². The van der Waals surface area contributed by atoms with Gasteiger partial charge >= 0.3 is 0 Å². The Morgan fingerprint density at radius 3 is 2.75 bits per heavy atom. The molecule has 7 heteroatoms. The summed E-state index contributed by atoms with van der Waals surface area (Å²) in [5, 5.41) is 4.53. The van der Waals surface area contributed by atoms with Crippen LogP contribution in [0.5, 0.6) is 0 Å². The molecule has 1 N–H and O–H groups in total. The van der Waals surface area contributed by atoms with Crippen LogP contribution in [0.15, 0.2) is 38.3 Å². The predicted molar refractivity (Wildman–Crippen MR) is 82.7 cm³/mol. The second-order valence-corrected chi connectivity index (χ2v) is 5.57. The van der Waals surface area contributed by atoms with E-state index in [-0.39, 0.29) is 5.02 Å². The highest BCUT2D eigenvalue weighted by Gasteiger charge is 2.09. The molecule has 1 heterocycles. The van der Waals surface area contributed by atoms with Gasteiger partial charge in [0.25, 0.3) is 5.91 Å². The van der Waals surface area contributed by atoms with Gasteiger partial charge in [0, 0.05) is 11.1 Å². The van der Waals surface area contributed by atoms with Gasteiger partial charge in [-0.2, -0.15) is 5.10 Å². The Balaban J connectivity index is 2.05. The lowest BCUT2D eigenvalue weighted by atomic mass is 10.2. The molecule has 104 valence electrons. The standard InChI is InChI=1S/C13H9BrCl2N2O2/c1-7-11(14)5-9(20-7)6-17-18-13(19)10-3-2-8(15)4-12(10)16/h2-6H,1H3,(H,18,19)/b17-6+. The van der Waals surface area contributed by atoms with Crippen LogP contribution in [0.25, 0.3) is 0 Å². The molecule has 0 unspecified atom stereocenters. The molecule has 0 spiro atoms. The van der Waals surface area contributed by atoms with Crippen LogP contribution in [0, 0.1) is 6.92 Å². The molecule has 0 saturated carbocycles. The van der Waals surface area contributed by atoms with E-state index in [0.29, 0.717) is 16.3 Å². The van der Waals surface area contributed by atoms with E-state index >= 15 is 0 Å². The fourth-order valence-corrected chi connectivity index (χ4v) is 2.23. The fourth-order valence-electron chi connectivity index (χ4n) is 1.43. The first-order valence-electron chi connectivity index (χ1n) is 5.52. The van der Waals surface area contributed by atoms with Crippen molar-refractivity contribution in [2.24, 2.45) is 5.10 Å². The fraction of sp³-hybridized carbons (Fsp3) is 0.0769. The van der Waals surface area contributed by atoms with Crippen molar-refractivity contribution in [3.05, 3.63) is 55.9 Å². The monoisotopic (exact) mass is 374 g/mol. The number of hydrogen-bond acceptors (Lipinski definition) is 3. The lowest BCUT2D eigenvalue weighted by Gasteiger charge is -2.02. The van der Waals surface area contributed by atoms with E-state index in [9.17, 15) is 4.79 Å². The van der Waals surface area contributed by atoms with Crippen LogP contribution >= 0.6 is 39.1 Å². The third-order valence-electron chi connectivity index (χ3n) is 2.41. The molecule has 0 aliphatic heterocycles. The Kier molecular flexibility index (Phi) is 4.86. The van der Waals surface area contributed by atoms with Crippen molar-refractivity contribution < 1.29 is 9.21 Å². The quantitative estimate of drug-likeness (QED) is 0.637. The largest absolute Gasteiger partial charge is 0.459 e. The number of carbonyl (C=O) groups excluding carboxylic acids is 1. The SMILES string of the molecule is Cc1oc(/C=N/NC(=O)c2ccc(Cl)cc2Cl)cc1Br. The number of amides is 1. The van der Waals surface area contributed by atoms with E-state index in [1.54, 1.807) is 12.1 Å². The minimum absolute atomic E-state index is 0.266. The number of furan rings is 1. The van der Waals surface area contributed by atoms with Crippen molar-refractivity contribution in [2.75, 3.05) is 0 Å². The van der Waals surface area contributed by atoms with Crippen molar-refractivity contribution in [3.8, 4) is 0 Å². The van der Waals surface area contributed by atoms with E-state index in [2.05, 4.69) is 26.5 Å². The second kappa shape index (κ2) is 6.43. The van der Waals surface area contributed by atoms with Gasteiger partial charge in [0.2, 0.25) is 0 Å². The van der Waals surface area contributed by atoms with Crippen LogP contribution in [0.3, 0.4) is 0 Å². The number of aryl methyl sites for hydroxylation is 1. The molecule has 20 heavy (non-hydrogen) atoms. The number of carbonyl (C=O) groups is 1. The Bertz CT molecular complexity index is 664. The van der Waals surface area contributed by atoms with Crippen molar-refractivity contribution >= 4 is 51.3 Å². The molecule has 1 aromatic carbocycles. The van der Waals surface area contributed by atoms with Crippen LogP contribution in [-0.4, -0.2) is 12.1 Å². The molecule has 0 aliphatic rings. The van der Waals surface area contributed by atoms with Crippen LogP contribution in [-0.2, 0) is 0 Å². The topological polar surface area (TPSA) is 54.6 Å². The number of hydrazone groups is 1. The van der Waals surface area contributed by atoms with Gasteiger partial charge in [0.1, 0.15) is 11.5 Å². The maximum absolute atomic E-state index is 11.8. The smallest absolute Gasteiger partial charge is 0.272 e. The highest BCUT2D eigenvalue weighted by atomic mass is 79.9. The van der Waals surface area contributed by atoms with Gasteiger partial charge in [-0.05, 0) is 41.1 Å². The summed E-state index contributed by atoms with van der Waals surface area (Å²) < 4.78 is 6.19. The Hall–Kier alpha value is -1.30. The number of nitrogens with one attached hydrogen (secondary N) is 1. The van der Waals surface area contributed by atoms with E-state index in [0.717, 1.165) is 10.2 Å². The van der Waals surface area contributed by atoms with Gasteiger partial charge in [0.15, 0.2) is 0 Å². The summed E-state index contributed by atoms with van der Waals surface area (Å²) in [5.41, 5.74) is 2.66. The number of halogens is 3. The Labute approximate surface area is 133 Å². The summed E-state index contributed by atoms with van der Waals surface area (Å²) in [6.07, 6.45) is 1.40. The molecule has 0 aliphatic carbocycles. The van der Waals surface area contributed by atoms with Gasteiger partial charge in [-0.25, -0.2) is 5.43 Å². The molecule has 1 aromatic heterocycles. The lowest BCUT2D eigenvalue weighted by Crippen LogP contribution is -2.17. The summed E-state index contributed by atoms with van der Waals surface area (Å²) >= 11 is 15.0. The van der Waals surface area contributed by atoms with Crippen LogP contribution < -0.4 is 5.43 Å². The van der Waals surface area contributed by atoms with Crippen molar-refractivity contribution in [1.29, 1.82) is 0 Å². The van der Waals surface area contributed by atoms with Crippen LogP contribution in [0.2, 0.25) is 10.0 Å². The van der Waals surface area contributed by atoms with Gasteiger partial charge in [0.05, 0.1) is 21.3 Å². The highest BCUT2D eigenvalue weighted by molar-refractivity contribution is 9.10. The zero-order valence-electron chi connectivity index (χ0n) is 10.3. The Morgan fingerprint density at radius 2 is 2.15 bits per heavy atom. The van der Waals surface area contributed by atoms with Gasteiger partial charge < -0.3 is 4.42 Å². The summed E-state index contributed by atoms with van der Waals surface area (Å²) in [7, 11) is 0. The molecule has 0 radical (unpaired) electrons. The minimum atomic E-state index is -0.426. The number of hydrogen-bond donors (Lipinski definition) is 1. The molecule has 0 bridgehead atoms. The molecule has 0 saturated heterocycles. The van der Waals surface area contributed by atoms with Gasteiger partial charge in [-0.1, -0.05) is 23.2 Å². The predicted octanol–water partition coefficient (Wildman–Crippen LogP) is 4.42. The average molecular weight is 376 g/mol. The van der Waals surface area contributed by atoms with E-state index in [4.69, 9.17) is 27.6 Å². The molecule has 1 amide bonds. The molecule has 4 nitrogen and oxygen atoms in total. The molecular formula is C13H9BrCl2N2O2. The molecular weight excluding hydrogens is 367 g/mol. The van der Waals surface area contributed by atoms with Crippen molar-refractivity contribution in [1.82, 2.24) is 5.43 Å². The normalized spacial score (nSPS) is 11.0. The third kappa shape index (κ3) is 3.62. The van der Waals surface area contributed by atoms with Crippen molar-refractivity contribution in [2.45, 2.75) is 6.92 Å². The molecule has 0 atom stereocenters. The van der Waals surface area contributed by atoms with Gasteiger partial charge in [-0.3, -0.25) is 4.79 Å². The zero-order chi connectivity index (χ0) is 14.7. The zero-order valence-corrected chi connectivity index (χ0v) is 13.4. The summed E-state index contributed by atoms with van der Waals surface area (Å²) in [6.45, 7) is 1.81. The number of rotatable bonds is 3. The van der Waals surface area contributed by atoms with E-state index in [1.165, 1.54) is 18.3 Å². The molecule has 0 fully saturated rings. The average Bonchev–Trinajstić information content (AvgIpc) is 2.68. The minimum Gasteiger partial charge on any atom is -0.459 e. The first-order chi connectivity index (χ1) is 9.47. The highest BCUT2D eigenvalue weighted by Crippen LogP contribution is 2.21. The van der Waals surface area contributed by atoms with E-state index < -0.39 is 5.91 Å². The Morgan fingerprint density at radius 1 is 1.40 bits per heavy atom.